The number of phenolic OH excluding ortho intramolecular Hbond substituents is 4. The van der Waals surface area contributed by atoms with E-state index in [1.54, 1.807) is 48.5 Å². The van der Waals surface area contributed by atoms with Gasteiger partial charge in [-0.3, -0.25) is 0 Å². The first-order chi connectivity index (χ1) is 25.3. The first-order valence-corrected chi connectivity index (χ1v) is 16.7. The van der Waals surface area contributed by atoms with Crippen LogP contribution in [0.3, 0.4) is 0 Å². The van der Waals surface area contributed by atoms with Crippen molar-refractivity contribution in [2.75, 3.05) is 0 Å². The van der Waals surface area contributed by atoms with Gasteiger partial charge in [0.05, 0.1) is 28.3 Å². The predicted molar refractivity (Wildman–Crippen MR) is 206 cm³/mol. The molecule has 4 aromatic carbocycles. The van der Waals surface area contributed by atoms with E-state index in [0.29, 0.717) is 11.4 Å². The number of fused-ring (bicyclic) bond motifs is 8. The van der Waals surface area contributed by atoms with Gasteiger partial charge in [-0.05, 0) is 119 Å². The Morgan fingerprint density at radius 3 is 1.42 bits per heavy atom. The molecule has 8 bridgehead atoms. The molecule has 9 rings (SSSR count). The number of nitrogens with zero attached hydrogens (tertiary/aromatic N) is 2. The number of phenols is 4. The Morgan fingerprint density at radius 2 is 0.868 bits per heavy atom. The molecule has 0 unspecified atom stereocenters. The second kappa shape index (κ2) is 13.5. The van der Waals surface area contributed by atoms with E-state index >= 15 is 0 Å². The van der Waals surface area contributed by atoms with Crippen LogP contribution in [0.1, 0.15) is 28.3 Å². The van der Waals surface area contributed by atoms with Gasteiger partial charge in [-0.25, -0.2) is 9.97 Å². The molecule has 2 aliphatic heterocycles. The molecule has 0 atom stereocenters. The van der Waals surface area contributed by atoms with Crippen molar-refractivity contribution in [3.63, 3.8) is 0 Å². The van der Waals surface area contributed by atoms with Crippen molar-refractivity contribution in [3.05, 3.63) is 156 Å². The smallest absolute Gasteiger partial charge is 0.115 e. The zero-order chi connectivity index (χ0) is 35.3. The number of aromatic amines is 2. The van der Waals surface area contributed by atoms with Crippen LogP contribution in [0.2, 0.25) is 0 Å². The average molecular weight is 874 g/mol. The second-order valence-corrected chi connectivity index (χ2v) is 12.8. The standard InChI is InChI=1S/C44H30N4O4.Pt/c49-34-13-1-25(2-14-34)38-23-33-22-31-10-9-29(45-31)21-30-11-12-32(46-30)24-39-40(26-3-15-35(50)16-4-26)41(27-5-17-36(51)18-6-27)44(48-39)42(43(38)47-33)28-7-19-37(52)20-8-28;/h1-24,45,48-52H;. The molecule has 0 saturated carbocycles. The van der Waals surface area contributed by atoms with Gasteiger partial charge in [0.25, 0.3) is 0 Å². The maximum Gasteiger partial charge on any atom is 0.115 e. The van der Waals surface area contributed by atoms with Gasteiger partial charge < -0.3 is 30.4 Å². The van der Waals surface area contributed by atoms with Gasteiger partial charge in [-0.15, -0.1) is 0 Å². The molecule has 7 aromatic rings. The van der Waals surface area contributed by atoms with Crippen molar-refractivity contribution in [1.82, 2.24) is 19.9 Å². The summed E-state index contributed by atoms with van der Waals surface area (Å²) in [7, 11) is 0. The SMILES string of the molecule is Oc1ccc(C2=Cc3cc4ccc(cc5nc(cc6[nH]c(c(-c7ccc(O)cc7)c2n3)c(-c2ccc(O)cc2)c6-c2ccc(O)cc2)C=C5)[nH]4)cc1.[Pt]. The van der Waals surface area contributed by atoms with E-state index in [1.165, 1.54) is 0 Å². The van der Waals surface area contributed by atoms with Crippen LogP contribution in [0.5, 0.6) is 23.0 Å². The number of H-pyrrole nitrogens is 2. The minimum atomic E-state index is 0. The summed E-state index contributed by atoms with van der Waals surface area (Å²) >= 11 is 0. The third-order valence-electron chi connectivity index (χ3n) is 9.26. The van der Waals surface area contributed by atoms with E-state index < -0.39 is 0 Å². The van der Waals surface area contributed by atoms with Crippen LogP contribution in [-0.4, -0.2) is 40.4 Å². The normalized spacial score (nSPS) is 12.0. The van der Waals surface area contributed by atoms with Crippen LogP contribution in [0.15, 0.2) is 127 Å². The summed E-state index contributed by atoms with van der Waals surface area (Å²) in [5.74, 6) is 0.562. The molecule has 0 spiro atoms. The number of hydrogen-bond acceptors (Lipinski definition) is 6. The van der Waals surface area contributed by atoms with Crippen molar-refractivity contribution in [3.8, 4) is 56.4 Å². The number of aromatic nitrogens is 4. The van der Waals surface area contributed by atoms with Crippen LogP contribution in [0.25, 0.3) is 79.2 Å². The molecule has 0 aliphatic carbocycles. The minimum Gasteiger partial charge on any atom is -0.508 e. The van der Waals surface area contributed by atoms with E-state index in [1.807, 2.05) is 97.1 Å². The quantitative estimate of drug-likeness (QED) is 0.104. The molecule has 0 amide bonds. The topological polar surface area (TPSA) is 138 Å². The second-order valence-electron chi connectivity index (χ2n) is 12.8. The fourth-order valence-electron chi connectivity index (χ4n) is 6.87. The summed E-state index contributed by atoms with van der Waals surface area (Å²) in [6.07, 6.45) is 5.98. The summed E-state index contributed by atoms with van der Waals surface area (Å²) in [6, 6.07) is 38.2. The predicted octanol–water partition coefficient (Wildman–Crippen LogP) is 9.89. The molecule has 0 radical (unpaired) electrons. The van der Waals surface area contributed by atoms with Crippen molar-refractivity contribution in [2.45, 2.75) is 0 Å². The Kier molecular flexibility index (Phi) is 8.53. The Labute approximate surface area is 318 Å². The van der Waals surface area contributed by atoms with Crippen LogP contribution in [0, 0.1) is 0 Å². The Morgan fingerprint density at radius 1 is 0.415 bits per heavy atom. The summed E-state index contributed by atoms with van der Waals surface area (Å²) in [5.41, 5.74) is 12.8. The molecule has 6 N–H and O–H groups in total. The summed E-state index contributed by atoms with van der Waals surface area (Å²) in [6.45, 7) is 0. The molecular formula is C44H30N4O4Pt. The Hall–Kier alpha value is -6.63. The average Bonchev–Trinajstić information content (AvgIpc) is 3.95. The van der Waals surface area contributed by atoms with E-state index in [2.05, 4.69) is 9.97 Å². The van der Waals surface area contributed by atoms with E-state index in [-0.39, 0.29) is 44.1 Å². The molecule has 0 fully saturated rings. The fourth-order valence-corrected chi connectivity index (χ4v) is 6.87. The van der Waals surface area contributed by atoms with E-state index in [4.69, 9.17) is 9.97 Å². The number of benzene rings is 4. The molecule has 9 heteroatoms. The van der Waals surface area contributed by atoms with Crippen molar-refractivity contribution < 1.29 is 41.5 Å². The number of rotatable bonds is 4. The Balaban J connectivity index is 0.00000400. The van der Waals surface area contributed by atoms with Crippen LogP contribution in [0.4, 0.5) is 0 Å². The van der Waals surface area contributed by atoms with Crippen LogP contribution < -0.4 is 0 Å². The maximum atomic E-state index is 10.4. The van der Waals surface area contributed by atoms with Gasteiger partial charge >= 0.3 is 0 Å². The van der Waals surface area contributed by atoms with Gasteiger partial charge in [-0.1, -0.05) is 48.5 Å². The molecule has 2 aliphatic rings. The molecule has 3 aromatic heterocycles. The maximum absolute atomic E-state index is 10.4. The molecule has 5 heterocycles. The van der Waals surface area contributed by atoms with Crippen molar-refractivity contribution in [2.24, 2.45) is 0 Å². The Bertz CT molecular complexity index is 2750. The van der Waals surface area contributed by atoms with Crippen LogP contribution >= 0.6 is 0 Å². The van der Waals surface area contributed by atoms with E-state index in [0.717, 1.165) is 78.0 Å². The molecule has 0 saturated heterocycles. The molecule has 53 heavy (non-hydrogen) atoms. The van der Waals surface area contributed by atoms with Gasteiger partial charge in [0.1, 0.15) is 23.0 Å². The first-order valence-electron chi connectivity index (χ1n) is 16.7. The monoisotopic (exact) mass is 873 g/mol. The fraction of sp³-hybridized carbons (Fsp3) is 0. The summed E-state index contributed by atoms with van der Waals surface area (Å²) in [5, 5.41) is 41.3. The molecular weight excluding hydrogens is 844 g/mol. The number of aromatic hydroxyl groups is 4. The van der Waals surface area contributed by atoms with Crippen LogP contribution in [-0.2, 0) is 21.1 Å². The number of hydrogen-bond donors (Lipinski definition) is 6. The molecule has 260 valence electrons. The van der Waals surface area contributed by atoms with Gasteiger partial charge in [0.15, 0.2) is 0 Å². The minimum absolute atomic E-state index is 0. The van der Waals surface area contributed by atoms with Gasteiger partial charge in [-0.2, -0.15) is 0 Å². The molecule has 8 nitrogen and oxygen atoms in total. The zero-order valence-corrected chi connectivity index (χ0v) is 30.1. The van der Waals surface area contributed by atoms with E-state index in [9.17, 15) is 20.4 Å². The van der Waals surface area contributed by atoms with Gasteiger partial charge in [0, 0.05) is 59.9 Å². The largest absolute Gasteiger partial charge is 0.508 e. The summed E-state index contributed by atoms with van der Waals surface area (Å²) < 4.78 is 0. The van der Waals surface area contributed by atoms with Gasteiger partial charge in [0.2, 0.25) is 0 Å². The number of nitrogens with one attached hydrogen (secondary N) is 2. The van der Waals surface area contributed by atoms with Crippen molar-refractivity contribution in [1.29, 1.82) is 0 Å². The zero-order valence-electron chi connectivity index (χ0n) is 27.9. The third kappa shape index (κ3) is 6.41. The van der Waals surface area contributed by atoms with Crippen molar-refractivity contribution >= 4 is 45.9 Å². The third-order valence-corrected chi connectivity index (χ3v) is 9.26. The summed E-state index contributed by atoms with van der Waals surface area (Å²) in [4.78, 5) is 17.5. The first kappa shape index (κ1) is 33.5.